The Morgan fingerprint density at radius 3 is 2.07 bits per heavy atom. The van der Waals surface area contributed by atoms with Crippen molar-refractivity contribution in [3.63, 3.8) is 0 Å². The fourth-order valence-electron chi connectivity index (χ4n) is 9.37. The van der Waals surface area contributed by atoms with Crippen LogP contribution in [0, 0.1) is 5.41 Å². The van der Waals surface area contributed by atoms with Crippen molar-refractivity contribution in [2.45, 2.75) is 187 Å². The molecule has 4 aliphatic heterocycles. The van der Waals surface area contributed by atoms with Gasteiger partial charge in [-0.15, -0.1) is 5.73 Å². The monoisotopic (exact) mass is 595 g/mol. The minimum absolute atomic E-state index is 0.137. The molecule has 1 aromatic rings. The Bertz CT molecular complexity index is 1140. The Morgan fingerprint density at radius 2 is 1.47 bits per heavy atom. The minimum Gasteiger partial charge on any atom is -0.349 e. The number of aliphatic imine (C=N–C) groups is 1. The standard InChI is InChI=1S/C35H62N8/c1-30(2,3)23-31(4,5)41-28-38-27-26-25(36)22-32(6,7)42(35(26,12)13)19-17-15-14-16-18-37-24-20-33(8,9)43(29(39-27)40-28)34(10,11)21-24/h18,24-26H,14-17,19-23H2,1-13H3,(H,38,39,40,41)/b37-18-. The number of fused-ring (bicyclic) bond motifs is 7. The summed E-state index contributed by atoms with van der Waals surface area (Å²) in [6, 6.07) is -0.289. The fraction of sp³-hybridized carbons (Fsp3) is 0.886. The molecule has 8 nitrogen and oxygen atoms in total. The first-order valence-electron chi connectivity index (χ1n) is 16.9. The lowest BCUT2D eigenvalue weighted by molar-refractivity contribution is -0.0544. The SMILES string of the molecule is CC(C)(C)CC(C)(C)Nc1nc2nc(n1)N1C(C)(C)CC(CC1(C)C)/N=C\CCCCCN1C(C)(C)CC([N])C2C1(C)C. The predicted octanol–water partition coefficient (Wildman–Crippen LogP) is 7.45. The van der Waals surface area contributed by atoms with Gasteiger partial charge in [-0.3, -0.25) is 9.89 Å². The van der Waals surface area contributed by atoms with Crippen LogP contribution in [0.2, 0.25) is 0 Å². The van der Waals surface area contributed by atoms with Crippen LogP contribution in [0.1, 0.15) is 153 Å². The predicted molar refractivity (Wildman–Crippen MR) is 180 cm³/mol. The topological polar surface area (TPSA) is 91.8 Å². The minimum atomic E-state index is -0.561. The highest BCUT2D eigenvalue weighted by atomic mass is 15.4. The molecule has 0 amide bonds. The Morgan fingerprint density at radius 1 is 0.837 bits per heavy atom. The van der Waals surface area contributed by atoms with Crippen molar-refractivity contribution in [3.05, 3.63) is 5.82 Å². The fourth-order valence-corrected chi connectivity index (χ4v) is 9.37. The zero-order chi connectivity index (χ0) is 32.2. The molecule has 242 valence electrons. The molecule has 2 fully saturated rings. The number of hydrogen-bond donors (Lipinski definition) is 1. The van der Waals surface area contributed by atoms with Crippen LogP contribution in [0.3, 0.4) is 0 Å². The van der Waals surface area contributed by atoms with Crippen LogP contribution in [0.4, 0.5) is 11.9 Å². The number of nitrogens with zero attached hydrogens (tertiary/aromatic N) is 7. The van der Waals surface area contributed by atoms with Crippen molar-refractivity contribution >= 4 is 18.1 Å². The van der Waals surface area contributed by atoms with E-state index < -0.39 is 6.04 Å². The van der Waals surface area contributed by atoms with E-state index in [0.717, 1.165) is 45.1 Å². The summed E-state index contributed by atoms with van der Waals surface area (Å²) in [6.45, 7) is 30.6. The molecule has 0 aliphatic carbocycles. The molecular formula is C35H62N8. The second-order valence-electron chi connectivity index (χ2n) is 18.1. The van der Waals surface area contributed by atoms with Crippen LogP contribution in [0.15, 0.2) is 4.99 Å². The molecule has 8 heteroatoms. The molecule has 5 heterocycles. The van der Waals surface area contributed by atoms with Crippen LogP contribution in [-0.4, -0.2) is 72.4 Å². The normalized spacial score (nSPS) is 30.0. The number of nitrogens with one attached hydrogen (secondary N) is 1. The number of anilines is 2. The van der Waals surface area contributed by atoms with Crippen LogP contribution < -0.4 is 16.0 Å². The number of aromatic nitrogens is 3. The maximum Gasteiger partial charge on any atom is 0.231 e. The third kappa shape index (κ3) is 7.54. The first-order chi connectivity index (χ1) is 19.5. The number of piperidine rings is 2. The van der Waals surface area contributed by atoms with Gasteiger partial charge in [-0.1, -0.05) is 27.2 Å². The van der Waals surface area contributed by atoms with Crippen molar-refractivity contribution in [1.82, 2.24) is 25.6 Å². The lowest BCUT2D eigenvalue weighted by Gasteiger charge is -2.58. The van der Waals surface area contributed by atoms with Gasteiger partial charge >= 0.3 is 0 Å². The molecule has 0 spiro atoms. The molecule has 2 saturated heterocycles. The van der Waals surface area contributed by atoms with E-state index in [1.165, 1.54) is 6.42 Å². The summed E-state index contributed by atoms with van der Waals surface area (Å²) < 4.78 is 0. The molecule has 0 aromatic carbocycles. The van der Waals surface area contributed by atoms with Crippen LogP contribution in [0.5, 0.6) is 0 Å². The summed E-state index contributed by atoms with van der Waals surface area (Å²) >= 11 is 0. The Balaban J connectivity index is 1.92. The Kier molecular flexibility index (Phi) is 9.14. The van der Waals surface area contributed by atoms with Gasteiger partial charge in [-0.2, -0.15) is 15.0 Å². The van der Waals surface area contributed by atoms with Crippen molar-refractivity contribution in [2.75, 3.05) is 16.8 Å². The zero-order valence-corrected chi connectivity index (χ0v) is 29.8. The van der Waals surface area contributed by atoms with Gasteiger partial charge in [0.15, 0.2) is 0 Å². The van der Waals surface area contributed by atoms with E-state index in [1.54, 1.807) is 0 Å². The highest BCUT2D eigenvalue weighted by Gasteiger charge is 2.54. The average Bonchev–Trinajstić information content (AvgIpc) is 2.74. The summed E-state index contributed by atoms with van der Waals surface area (Å²) in [5, 5.41) is 3.72. The van der Waals surface area contributed by atoms with E-state index in [0.29, 0.717) is 24.1 Å². The first kappa shape index (κ1) is 34.1. The van der Waals surface area contributed by atoms with Gasteiger partial charge in [0.1, 0.15) is 5.82 Å². The quantitative estimate of drug-likeness (QED) is 0.391. The van der Waals surface area contributed by atoms with E-state index in [4.69, 9.17) is 19.9 Å². The van der Waals surface area contributed by atoms with Gasteiger partial charge in [-0.25, -0.2) is 0 Å². The molecule has 3 atom stereocenters. The van der Waals surface area contributed by atoms with E-state index >= 15 is 0 Å². The highest BCUT2D eigenvalue weighted by Crippen LogP contribution is 2.48. The summed E-state index contributed by atoms with van der Waals surface area (Å²) in [5.74, 6) is 1.72. The third-order valence-electron chi connectivity index (χ3n) is 10.0. The lowest BCUT2D eigenvalue weighted by Crippen LogP contribution is -2.66. The Hall–Kier alpha value is -1.80. The van der Waals surface area contributed by atoms with Crippen LogP contribution in [0.25, 0.3) is 0 Å². The second-order valence-corrected chi connectivity index (χ2v) is 18.1. The van der Waals surface area contributed by atoms with Gasteiger partial charge in [0, 0.05) is 27.7 Å². The van der Waals surface area contributed by atoms with E-state index in [9.17, 15) is 5.73 Å². The van der Waals surface area contributed by atoms with Crippen LogP contribution in [-0.2, 0) is 0 Å². The smallest absolute Gasteiger partial charge is 0.231 e. The molecule has 43 heavy (non-hydrogen) atoms. The summed E-state index contributed by atoms with van der Waals surface area (Å²) in [6.07, 6.45) is 10.2. The maximum atomic E-state index is 11.9. The number of rotatable bonds is 3. The molecule has 2 radical (unpaired) electrons. The van der Waals surface area contributed by atoms with Gasteiger partial charge in [0.2, 0.25) is 11.9 Å². The van der Waals surface area contributed by atoms with Crippen molar-refractivity contribution in [2.24, 2.45) is 10.4 Å². The molecule has 4 aliphatic rings. The van der Waals surface area contributed by atoms with Crippen LogP contribution >= 0.6 is 0 Å². The maximum absolute atomic E-state index is 11.9. The van der Waals surface area contributed by atoms with Crippen molar-refractivity contribution < 1.29 is 0 Å². The molecular weight excluding hydrogens is 532 g/mol. The van der Waals surface area contributed by atoms with Gasteiger partial charge < -0.3 is 10.2 Å². The van der Waals surface area contributed by atoms with E-state index in [1.807, 2.05) is 0 Å². The zero-order valence-electron chi connectivity index (χ0n) is 29.8. The lowest BCUT2D eigenvalue weighted by atomic mass is 9.69. The van der Waals surface area contributed by atoms with Gasteiger partial charge in [0.05, 0.1) is 18.0 Å². The largest absolute Gasteiger partial charge is 0.349 e. The molecule has 3 unspecified atom stereocenters. The van der Waals surface area contributed by atoms with Crippen molar-refractivity contribution in [3.8, 4) is 0 Å². The molecule has 5 rings (SSSR count). The molecule has 6 bridgehead atoms. The Labute approximate surface area is 263 Å². The summed E-state index contributed by atoms with van der Waals surface area (Å²) in [5.41, 5.74) is 10.8. The summed E-state index contributed by atoms with van der Waals surface area (Å²) in [4.78, 5) is 25.8. The van der Waals surface area contributed by atoms with E-state index in [-0.39, 0.29) is 45.1 Å². The highest BCUT2D eigenvalue weighted by molar-refractivity contribution is 5.57. The average molecular weight is 595 g/mol. The van der Waals surface area contributed by atoms with Crippen molar-refractivity contribution in [1.29, 1.82) is 0 Å². The van der Waals surface area contributed by atoms with Gasteiger partial charge in [-0.05, 0) is 132 Å². The first-order valence-corrected chi connectivity index (χ1v) is 16.9. The van der Waals surface area contributed by atoms with E-state index in [2.05, 4.69) is 111 Å². The third-order valence-corrected chi connectivity index (χ3v) is 10.0. The molecule has 1 N–H and O–H groups in total. The summed E-state index contributed by atoms with van der Waals surface area (Å²) in [7, 11) is 0. The molecule has 1 aromatic heterocycles. The van der Waals surface area contributed by atoms with Gasteiger partial charge in [0.25, 0.3) is 0 Å². The molecule has 0 saturated carbocycles. The second kappa shape index (κ2) is 11.5. The number of hydrogen-bond acceptors (Lipinski definition) is 7.